The number of nitrogens with zero attached hydrogens (tertiary/aromatic N) is 2. The number of hydrogen-bond acceptors (Lipinski definition) is 5. The number of anilines is 2. The van der Waals surface area contributed by atoms with Gasteiger partial charge in [-0.3, -0.25) is 0 Å². The third-order valence-corrected chi connectivity index (χ3v) is 3.35. The van der Waals surface area contributed by atoms with E-state index in [9.17, 15) is 5.11 Å². The van der Waals surface area contributed by atoms with Crippen LogP contribution in [-0.4, -0.2) is 34.3 Å². The second-order valence-electron chi connectivity index (χ2n) is 4.89. The zero-order chi connectivity index (χ0) is 12.8. The molecule has 1 aliphatic carbocycles. The van der Waals surface area contributed by atoms with Crippen molar-refractivity contribution in [2.75, 3.05) is 23.7 Å². The molecule has 3 N–H and O–H groups in total. The summed E-state index contributed by atoms with van der Waals surface area (Å²) in [6.45, 7) is 3.77. The minimum absolute atomic E-state index is 0.117. The molecule has 0 amide bonds. The highest BCUT2D eigenvalue weighted by molar-refractivity contribution is 5.46. The molecule has 100 valence electrons. The average molecular weight is 250 g/mol. The highest BCUT2D eigenvalue weighted by atomic mass is 16.3. The van der Waals surface area contributed by atoms with E-state index in [2.05, 4.69) is 20.6 Å². The van der Waals surface area contributed by atoms with Crippen LogP contribution in [0.4, 0.5) is 11.6 Å². The predicted molar refractivity (Wildman–Crippen MR) is 72.7 cm³/mol. The van der Waals surface area contributed by atoms with Gasteiger partial charge in [-0.2, -0.15) is 0 Å². The van der Waals surface area contributed by atoms with Crippen LogP contribution in [0.15, 0.2) is 12.4 Å². The third kappa shape index (κ3) is 3.84. The average Bonchev–Trinajstić information content (AvgIpc) is 2.37. The number of nitrogens with one attached hydrogen (secondary N) is 2. The zero-order valence-electron chi connectivity index (χ0n) is 10.9. The van der Waals surface area contributed by atoms with Crippen molar-refractivity contribution in [2.45, 2.75) is 38.7 Å². The smallest absolute Gasteiger partial charge is 0.131 e. The summed E-state index contributed by atoms with van der Waals surface area (Å²) in [7, 11) is 0. The fraction of sp³-hybridized carbons (Fsp3) is 0.692. The Hall–Kier alpha value is -1.36. The second kappa shape index (κ2) is 6.54. The lowest BCUT2D eigenvalue weighted by Crippen LogP contribution is -2.25. The molecule has 0 spiro atoms. The van der Waals surface area contributed by atoms with Gasteiger partial charge in [-0.15, -0.1) is 0 Å². The molecule has 1 aromatic heterocycles. The fourth-order valence-electron chi connectivity index (χ4n) is 2.43. The number of aromatic nitrogens is 2. The molecule has 1 aliphatic rings. The molecule has 2 unspecified atom stereocenters. The molecule has 1 fully saturated rings. The SMILES string of the molecule is CCNc1cc(NCC2CCCC(O)C2)ncn1. The Labute approximate surface area is 108 Å². The molecule has 2 atom stereocenters. The zero-order valence-corrected chi connectivity index (χ0v) is 10.9. The van der Waals surface area contributed by atoms with Crippen molar-refractivity contribution in [3.05, 3.63) is 12.4 Å². The maximum Gasteiger partial charge on any atom is 0.131 e. The topological polar surface area (TPSA) is 70.1 Å². The normalized spacial score (nSPS) is 23.7. The first kappa shape index (κ1) is 13.1. The maximum absolute atomic E-state index is 9.63. The van der Waals surface area contributed by atoms with Gasteiger partial charge in [0.1, 0.15) is 18.0 Å². The van der Waals surface area contributed by atoms with Crippen molar-refractivity contribution in [3.8, 4) is 0 Å². The molecular formula is C13H22N4O. The quantitative estimate of drug-likeness (QED) is 0.744. The van der Waals surface area contributed by atoms with Crippen molar-refractivity contribution >= 4 is 11.6 Å². The Bertz CT molecular complexity index is 372. The molecule has 5 heteroatoms. The van der Waals surface area contributed by atoms with Crippen LogP contribution >= 0.6 is 0 Å². The van der Waals surface area contributed by atoms with Gasteiger partial charge in [0.2, 0.25) is 0 Å². The Kier molecular flexibility index (Phi) is 4.75. The monoisotopic (exact) mass is 250 g/mol. The summed E-state index contributed by atoms with van der Waals surface area (Å²) in [6.07, 6.45) is 5.62. The number of aliphatic hydroxyl groups excluding tert-OH is 1. The van der Waals surface area contributed by atoms with Gasteiger partial charge in [0, 0.05) is 19.2 Å². The van der Waals surface area contributed by atoms with Crippen LogP contribution in [0, 0.1) is 5.92 Å². The molecule has 1 heterocycles. The van der Waals surface area contributed by atoms with Crippen LogP contribution in [0.1, 0.15) is 32.6 Å². The first-order valence-corrected chi connectivity index (χ1v) is 6.75. The van der Waals surface area contributed by atoms with Gasteiger partial charge < -0.3 is 15.7 Å². The van der Waals surface area contributed by atoms with Crippen LogP contribution in [0.3, 0.4) is 0 Å². The van der Waals surface area contributed by atoms with Crippen LogP contribution in [0.25, 0.3) is 0 Å². The molecule has 0 radical (unpaired) electrons. The van der Waals surface area contributed by atoms with Crippen LogP contribution in [0.5, 0.6) is 0 Å². The van der Waals surface area contributed by atoms with E-state index in [0.29, 0.717) is 5.92 Å². The van der Waals surface area contributed by atoms with Gasteiger partial charge in [-0.25, -0.2) is 9.97 Å². The molecule has 5 nitrogen and oxygen atoms in total. The Morgan fingerprint density at radius 3 is 2.78 bits per heavy atom. The first-order chi connectivity index (χ1) is 8.78. The molecule has 18 heavy (non-hydrogen) atoms. The van der Waals surface area contributed by atoms with Crippen molar-refractivity contribution < 1.29 is 5.11 Å². The molecule has 1 aromatic rings. The summed E-state index contributed by atoms with van der Waals surface area (Å²) >= 11 is 0. The fourth-order valence-corrected chi connectivity index (χ4v) is 2.43. The lowest BCUT2D eigenvalue weighted by molar-refractivity contribution is 0.104. The molecule has 1 saturated carbocycles. The Morgan fingerprint density at radius 2 is 2.06 bits per heavy atom. The second-order valence-corrected chi connectivity index (χ2v) is 4.89. The van der Waals surface area contributed by atoms with Crippen LogP contribution < -0.4 is 10.6 Å². The van der Waals surface area contributed by atoms with E-state index >= 15 is 0 Å². The molecular weight excluding hydrogens is 228 g/mol. The van der Waals surface area contributed by atoms with E-state index in [1.165, 1.54) is 6.42 Å². The largest absolute Gasteiger partial charge is 0.393 e. The highest BCUT2D eigenvalue weighted by Crippen LogP contribution is 2.24. The van der Waals surface area contributed by atoms with E-state index < -0.39 is 0 Å². The molecule has 0 aliphatic heterocycles. The van der Waals surface area contributed by atoms with Gasteiger partial charge in [0.15, 0.2) is 0 Å². The first-order valence-electron chi connectivity index (χ1n) is 6.75. The van der Waals surface area contributed by atoms with Crippen LogP contribution in [0.2, 0.25) is 0 Å². The summed E-state index contributed by atoms with van der Waals surface area (Å²) in [4.78, 5) is 8.33. The van der Waals surface area contributed by atoms with E-state index in [4.69, 9.17) is 0 Å². The highest BCUT2D eigenvalue weighted by Gasteiger charge is 2.19. The standard InChI is InChI=1S/C13H22N4O/c1-2-14-12-7-13(17-9-16-12)15-8-10-4-3-5-11(18)6-10/h7,9-11,18H,2-6,8H2,1H3,(H2,14,15,16,17). The van der Waals surface area contributed by atoms with Gasteiger partial charge in [-0.05, 0) is 32.1 Å². The van der Waals surface area contributed by atoms with E-state index in [1.54, 1.807) is 6.33 Å². The van der Waals surface area contributed by atoms with Gasteiger partial charge in [-0.1, -0.05) is 6.42 Å². The van der Waals surface area contributed by atoms with Crippen LogP contribution in [-0.2, 0) is 0 Å². The van der Waals surface area contributed by atoms with Gasteiger partial charge >= 0.3 is 0 Å². The van der Waals surface area contributed by atoms with E-state index in [0.717, 1.165) is 44.0 Å². The summed E-state index contributed by atoms with van der Waals surface area (Å²) in [5, 5.41) is 16.1. The predicted octanol–water partition coefficient (Wildman–Crippen LogP) is 1.87. The van der Waals surface area contributed by atoms with Crippen molar-refractivity contribution in [3.63, 3.8) is 0 Å². The Balaban J connectivity index is 1.83. The lowest BCUT2D eigenvalue weighted by atomic mass is 9.87. The van der Waals surface area contributed by atoms with Crippen molar-refractivity contribution in [1.29, 1.82) is 0 Å². The van der Waals surface area contributed by atoms with Gasteiger partial charge in [0.05, 0.1) is 6.10 Å². The van der Waals surface area contributed by atoms with E-state index in [-0.39, 0.29) is 6.10 Å². The van der Waals surface area contributed by atoms with Gasteiger partial charge in [0.25, 0.3) is 0 Å². The van der Waals surface area contributed by atoms with Crippen molar-refractivity contribution in [1.82, 2.24) is 9.97 Å². The molecule has 0 aromatic carbocycles. The summed E-state index contributed by atoms with van der Waals surface area (Å²) in [6, 6.07) is 1.92. The summed E-state index contributed by atoms with van der Waals surface area (Å²) in [5.74, 6) is 2.24. The number of rotatable bonds is 5. The summed E-state index contributed by atoms with van der Waals surface area (Å²) < 4.78 is 0. The number of hydrogen-bond donors (Lipinski definition) is 3. The lowest BCUT2D eigenvalue weighted by Gasteiger charge is -2.26. The molecule has 0 bridgehead atoms. The van der Waals surface area contributed by atoms with Crippen molar-refractivity contribution in [2.24, 2.45) is 5.92 Å². The minimum atomic E-state index is -0.117. The maximum atomic E-state index is 9.63. The third-order valence-electron chi connectivity index (χ3n) is 3.35. The number of aliphatic hydroxyl groups is 1. The molecule has 0 saturated heterocycles. The summed E-state index contributed by atoms with van der Waals surface area (Å²) in [5.41, 5.74) is 0. The Morgan fingerprint density at radius 1 is 1.28 bits per heavy atom. The minimum Gasteiger partial charge on any atom is -0.393 e. The van der Waals surface area contributed by atoms with E-state index in [1.807, 2.05) is 13.0 Å². The molecule has 2 rings (SSSR count).